The van der Waals surface area contributed by atoms with Crippen LogP contribution in [0.4, 0.5) is 11.4 Å². The van der Waals surface area contributed by atoms with Crippen molar-refractivity contribution in [3.63, 3.8) is 0 Å². The van der Waals surface area contributed by atoms with E-state index in [9.17, 15) is 4.79 Å². The molecule has 0 aliphatic carbocycles. The minimum Gasteiger partial charge on any atom is -0.481 e. The molecule has 3 rings (SSSR count). The standard InChI is InChI=1S/C19H21ClN2O2/c1-14(24-16-10-8-15(20)9-11-16)19(23)21-17-6-2-3-7-18(17)22-12-4-5-13-22/h2-3,6-11,14H,4-5,12-13H2,1H3,(H,21,23). The van der Waals surface area contributed by atoms with Crippen LogP contribution < -0.4 is 15.0 Å². The maximum absolute atomic E-state index is 12.5. The first-order valence-corrected chi connectivity index (χ1v) is 8.58. The summed E-state index contributed by atoms with van der Waals surface area (Å²) in [6, 6.07) is 14.9. The average Bonchev–Trinajstić information content (AvgIpc) is 3.11. The van der Waals surface area contributed by atoms with E-state index in [2.05, 4.69) is 10.2 Å². The SMILES string of the molecule is CC(Oc1ccc(Cl)cc1)C(=O)Nc1ccccc1N1CCCC1. The van der Waals surface area contributed by atoms with Crippen molar-refractivity contribution < 1.29 is 9.53 Å². The quantitative estimate of drug-likeness (QED) is 0.876. The highest BCUT2D eigenvalue weighted by molar-refractivity contribution is 6.30. The third kappa shape index (κ3) is 4.01. The highest BCUT2D eigenvalue weighted by atomic mass is 35.5. The van der Waals surface area contributed by atoms with Gasteiger partial charge in [-0.25, -0.2) is 0 Å². The number of nitrogens with zero attached hydrogens (tertiary/aromatic N) is 1. The van der Waals surface area contributed by atoms with Crippen molar-refractivity contribution in [1.82, 2.24) is 0 Å². The fourth-order valence-corrected chi connectivity index (χ4v) is 2.94. The predicted molar refractivity (Wildman–Crippen MR) is 98.1 cm³/mol. The molecule has 1 aliphatic heterocycles. The molecule has 5 heteroatoms. The number of rotatable bonds is 5. The number of nitrogens with one attached hydrogen (secondary N) is 1. The number of amides is 1. The first kappa shape index (κ1) is 16.7. The molecule has 4 nitrogen and oxygen atoms in total. The Morgan fingerprint density at radius 1 is 1.12 bits per heavy atom. The monoisotopic (exact) mass is 344 g/mol. The van der Waals surface area contributed by atoms with Crippen LogP contribution in [0.5, 0.6) is 5.75 Å². The highest BCUT2D eigenvalue weighted by Crippen LogP contribution is 2.29. The summed E-state index contributed by atoms with van der Waals surface area (Å²) in [5, 5.41) is 3.63. The van der Waals surface area contributed by atoms with Crippen LogP contribution >= 0.6 is 11.6 Å². The van der Waals surface area contributed by atoms with Gasteiger partial charge in [-0.05, 0) is 56.2 Å². The number of anilines is 2. The van der Waals surface area contributed by atoms with Crippen LogP contribution in [0.15, 0.2) is 48.5 Å². The molecule has 24 heavy (non-hydrogen) atoms. The summed E-state index contributed by atoms with van der Waals surface area (Å²) in [6.07, 6.45) is 1.79. The van der Waals surface area contributed by atoms with Crippen LogP contribution in [0.1, 0.15) is 19.8 Å². The van der Waals surface area contributed by atoms with E-state index in [1.165, 1.54) is 12.8 Å². The first-order valence-electron chi connectivity index (χ1n) is 8.20. The van der Waals surface area contributed by atoms with Crippen LogP contribution in [0.3, 0.4) is 0 Å². The molecule has 2 aromatic carbocycles. The summed E-state index contributed by atoms with van der Waals surface area (Å²) in [5.41, 5.74) is 1.90. The molecule has 1 aliphatic rings. The van der Waals surface area contributed by atoms with Crippen molar-refractivity contribution in [1.29, 1.82) is 0 Å². The van der Waals surface area contributed by atoms with Crippen LogP contribution in [-0.4, -0.2) is 25.1 Å². The van der Waals surface area contributed by atoms with E-state index < -0.39 is 6.10 Å². The smallest absolute Gasteiger partial charge is 0.265 e. The summed E-state index contributed by atoms with van der Waals surface area (Å²) >= 11 is 5.86. The van der Waals surface area contributed by atoms with Crippen molar-refractivity contribution in [3.05, 3.63) is 53.6 Å². The number of carbonyl (C=O) groups excluding carboxylic acids is 1. The van der Waals surface area contributed by atoms with E-state index in [-0.39, 0.29) is 5.91 Å². The summed E-state index contributed by atoms with van der Waals surface area (Å²) in [6.45, 7) is 3.80. The molecule has 0 saturated carbocycles. The molecule has 1 amide bonds. The largest absolute Gasteiger partial charge is 0.481 e. The zero-order valence-electron chi connectivity index (χ0n) is 13.7. The van der Waals surface area contributed by atoms with Gasteiger partial charge in [-0.3, -0.25) is 4.79 Å². The summed E-state index contributed by atoms with van der Waals surface area (Å²) in [5.74, 6) is 0.450. The predicted octanol–water partition coefficient (Wildman–Crippen LogP) is 4.35. The number of carbonyl (C=O) groups is 1. The second-order valence-corrected chi connectivity index (χ2v) is 6.35. The van der Waals surface area contributed by atoms with Gasteiger partial charge in [0.1, 0.15) is 5.75 Å². The number of ether oxygens (including phenoxy) is 1. The molecular formula is C19H21ClN2O2. The van der Waals surface area contributed by atoms with Crippen LogP contribution in [0.2, 0.25) is 5.02 Å². The second-order valence-electron chi connectivity index (χ2n) is 5.91. The van der Waals surface area contributed by atoms with Crippen LogP contribution in [0, 0.1) is 0 Å². The minimum absolute atomic E-state index is 0.170. The number of hydrogen-bond acceptors (Lipinski definition) is 3. The molecule has 1 unspecified atom stereocenters. The van der Waals surface area contributed by atoms with Crippen LogP contribution in [0.25, 0.3) is 0 Å². The minimum atomic E-state index is -0.599. The zero-order valence-corrected chi connectivity index (χ0v) is 14.4. The van der Waals surface area contributed by atoms with Gasteiger partial charge in [0.05, 0.1) is 11.4 Å². The van der Waals surface area contributed by atoms with Crippen molar-refractivity contribution in [2.75, 3.05) is 23.3 Å². The fourth-order valence-electron chi connectivity index (χ4n) is 2.82. The van der Waals surface area contributed by atoms with E-state index in [0.29, 0.717) is 10.8 Å². The Hall–Kier alpha value is -2.20. The van der Waals surface area contributed by atoms with Crippen molar-refractivity contribution in [3.8, 4) is 5.75 Å². The molecule has 1 saturated heterocycles. The normalized spacial score (nSPS) is 15.2. The molecular weight excluding hydrogens is 324 g/mol. The lowest BCUT2D eigenvalue weighted by Crippen LogP contribution is -2.31. The van der Waals surface area contributed by atoms with Crippen molar-refractivity contribution >= 4 is 28.9 Å². The van der Waals surface area contributed by atoms with Crippen LogP contribution in [-0.2, 0) is 4.79 Å². The Balaban J connectivity index is 1.67. The maximum Gasteiger partial charge on any atom is 0.265 e. The van der Waals surface area contributed by atoms with Gasteiger partial charge in [0.15, 0.2) is 6.10 Å². The van der Waals surface area contributed by atoms with Crippen molar-refractivity contribution in [2.45, 2.75) is 25.9 Å². The van der Waals surface area contributed by atoms with E-state index in [4.69, 9.17) is 16.3 Å². The first-order chi connectivity index (χ1) is 11.6. The molecule has 1 atom stereocenters. The Morgan fingerprint density at radius 3 is 2.50 bits per heavy atom. The van der Waals surface area contributed by atoms with E-state index in [0.717, 1.165) is 24.5 Å². The van der Waals surface area contributed by atoms with E-state index >= 15 is 0 Å². The molecule has 0 aromatic heterocycles. The summed E-state index contributed by atoms with van der Waals surface area (Å²) < 4.78 is 5.68. The Labute approximate surface area is 147 Å². The van der Waals surface area contributed by atoms with Gasteiger partial charge in [0.2, 0.25) is 0 Å². The molecule has 1 N–H and O–H groups in total. The maximum atomic E-state index is 12.5. The lowest BCUT2D eigenvalue weighted by atomic mass is 10.2. The number of halogens is 1. The third-order valence-corrected chi connectivity index (χ3v) is 4.36. The number of benzene rings is 2. The number of hydrogen-bond donors (Lipinski definition) is 1. The van der Waals surface area contributed by atoms with Gasteiger partial charge >= 0.3 is 0 Å². The molecule has 0 radical (unpaired) electrons. The van der Waals surface area contributed by atoms with Gasteiger partial charge < -0.3 is 15.0 Å². The average molecular weight is 345 g/mol. The van der Waals surface area contributed by atoms with Gasteiger partial charge in [-0.2, -0.15) is 0 Å². The van der Waals surface area contributed by atoms with Gasteiger partial charge in [0.25, 0.3) is 5.91 Å². The van der Waals surface area contributed by atoms with E-state index in [1.54, 1.807) is 31.2 Å². The van der Waals surface area contributed by atoms with Crippen molar-refractivity contribution in [2.24, 2.45) is 0 Å². The summed E-state index contributed by atoms with van der Waals surface area (Å²) in [4.78, 5) is 14.8. The third-order valence-electron chi connectivity index (χ3n) is 4.10. The van der Waals surface area contributed by atoms with Gasteiger partial charge in [-0.1, -0.05) is 23.7 Å². The second kappa shape index (κ2) is 7.58. The Kier molecular flexibility index (Phi) is 5.26. The summed E-state index contributed by atoms with van der Waals surface area (Å²) in [7, 11) is 0. The lowest BCUT2D eigenvalue weighted by molar-refractivity contribution is -0.122. The fraction of sp³-hybridized carbons (Fsp3) is 0.316. The highest BCUT2D eigenvalue weighted by Gasteiger charge is 2.19. The van der Waals surface area contributed by atoms with Gasteiger partial charge in [-0.15, -0.1) is 0 Å². The lowest BCUT2D eigenvalue weighted by Gasteiger charge is -2.22. The van der Waals surface area contributed by atoms with Gasteiger partial charge in [0, 0.05) is 18.1 Å². The van der Waals surface area contributed by atoms with E-state index in [1.807, 2.05) is 24.3 Å². The number of para-hydroxylation sites is 2. The molecule has 0 spiro atoms. The molecule has 126 valence electrons. The Morgan fingerprint density at radius 2 is 1.79 bits per heavy atom. The Bertz CT molecular complexity index is 697. The molecule has 2 aromatic rings. The molecule has 0 bridgehead atoms. The molecule has 1 heterocycles. The zero-order chi connectivity index (χ0) is 16.9. The molecule has 1 fully saturated rings. The topological polar surface area (TPSA) is 41.6 Å².